The fraction of sp³-hybridized carbons (Fsp3) is 0.385. The highest BCUT2D eigenvalue weighted by Crippen LogP contribution is 2.34. The third kappa shape index (κ3) is 5.19. The van der Waals surface area contributed by atoms with Gasteiger partial charge in [0.25, 0.3) is 5.91 Å². The maximum Gasteiger partial charge on any atom is 0.264 e. The number of nitrogen functional groups attached to an aromatic ring is 1. The van der Waals surface area contributed by atoms with Crippen molar-refractivity contribution in [1.82, 2.24) is 14.8 Å². The number of thiophene rings is 1. The molecule has 2 fully saturated rings. The van der Waals surface area contributed by atoms with Crippen molar-refractivity contribution >= 4 is 34.7 Å². The summed E-state index contributed by atoms with van der Waals surface area (Å²) in [7, 11) is 0. The predicted molar refractivity (Wildman–Crippen MR) is 137 cm³/mol. The van der Waals surface area contributed by atoms with Crippen LogP contribution in [0.4, 0.5) is 14.6 Å². The van der Waals surface area contributed by atoms with Crippen LogP contribution in [0.1, 0.15) is 40.9 Å². The molecule has 2 aromatic heterocycles. The molecule has 0 radical (unpaired) electrons. The molecular formula is C26H27ClF2N4O2S. The Morgan fingerprint density at radius 1 is 1.14 bits per heavy atom. The number of amides is 1. The van der Waals surface area contributed by atoms with E-state index in [0.29, 0.717) is 10.4 Å². The number of halogens is 3. The normalized spacial score (nSPS) is 18.2. The summed E-state index contributed by atoms with van der Waals surface area (Å²) in [5.74, 6) is -1.01. The fourth-order valence-corrected chi connectivity index (χ4v) is 6.01. The number of likely N-dealkylation sites (tertiary alicyclic amines) is 2. The molecule has 2 aliphatic heterocycles. The second kappa shape index (κ2) is 10.7. The number of rotatable bonds is 7. The number of nitrogens with two attached hydrogens (primary N) is 1. The molecule has 10 heteroatoms. The number of ether oxygens (including phenoxy) is 1. The molecule has 0 bridgehead atoms. The standard InChI is InChI=1S/C26H27ClF2N4O2S/c27-24-18(19(28)5-6-20(24)29)15-35-21-12-16(13-31-25(21)30)22-7-8-23(36-22)26(34)33-11-3-4-17(33)14-32-9-1-2-10-32/h5-8,12-13,17H,1-4,9-11,14-15H2,(H2,30,31)/t17-/m1/s1. The molecule has 0 aliphatic carbocycles. The quantitative estimate of drug-likeness (QED) is 0.401. The van der Waals surface area contributed by atoms with Crippen LogP contribution in [0.3, 0.4) is 0 Å². The SMILES string of the molecule is Nc1ncc(-c2ccc(C(=O)N3CCC[C@@H]3CN3CCCC3)s2)cc1OCc1c(F)ccc(F)c1Cl. The lowest BCUT2D eigenvalue weighted by atomic mass is 10.2. The van der Waals surface area contributed by atoms with Crippen molar-refractivity contribution in [1.29, 1.82) is 0 Å². The molecule has 1 atom stereocenters. The number of aromatic nitrogens is 1. The van der Waals surface area contributed by atoms with Crippen LogP contribution in [0.2, 0.25) is 5.02 Å². The minimum atomic E-state index is -0.729. The van der Waals surface area contributed by atoms with E-state index in [4.69, 9.17) is 22.1 Å². The highest BCUT2D eigenvalue weighted by atomic mass is 35.5. The molecule has 3 aromatic rings. The maximum absolute atomic E-state index is 14.1. The first-order valence-electron chi connectivity index (χ1n) is 12.0. The van der Waals surface area contributed by atoms with E-state index in [-0.39, 0.29) is 40.7 Å². The molecule has 1 aromatic carbocycles. The van der Waals surface area contributed by atoms with Crippen molar-refractivity contribution in [2.75, 3.05) is 31.9 Å². The molecule has 6 nitrogen and oxygen atoms in total. The van der Waals surface area contributed by atoms with Gasteiger partial charge in [-0.25, -0.2) is 13.8 Å². The molecule has 5 rings (SSSR count). The second-order valence-electron chi connectivity index (χ2n) is 9.18. The lowest BCUT2D eigenvalue weighted by Gasteiger charge is -2.28. The van der Waals surface area contributed by atoms with E-state index in [2.05, 4.69) is 9.88 Å². The Labute approximate surface area is 217 Å². The molecule has 2 saturated heterocycles. The predicted octanol–water partition coefficient (Wildman–Crippen LogP) is 5.60. The molecule has 2 aliphatic rings. The van der Waals surface area contributed by atoms with E-state index in [9.17, 15) is 13.6 Å². The molecule has 190 valence electrons. The van der Waals surface area contributed by atoms with Crippen molar-refractivity contribution in [2.24, 2.45) is 0 Å². The summed E-state index contributed by atoms with van der Waals surface area (Å²) in [6, 6.07) is 7.62. The second-order valence-corrected chi connectivity index (χ2v) is 10.6. The Morgan fingerprint density at radius 3 is 2.72 bits per heavy atom. The van der Waals surface area contributed by atoms with Crippen molar-refractivity contribution in [3.8, 4) is 16.2 Å². The summed E-state index contributed by atoms with van der Waals surface area (Å²) in [5.41, 5.74) is 6.57. The summed E-state index contributed by atoms with van der Waals surface area (Å²) in [5, 5.41) is -0.330. The average Bonchev–Trinajstić information content (AvgIpc) is 3.65. The topological polar surface area (TPSA) is 71.7 Å². The lowest BCUT2D eigenvalue weighted by molar-refractivity contribution is 0.0713. The van der Waals surface area contributed by atoms with Gasteiger partial charge in [0.05, 0.1) is 9.90 Å². The maximum atomic E-state index is 14.1. The molecule has 0 saturated carbocycles. The number of nitrogens with zero attached hydrogens (tertiary/aromatic N) is 3. The van der Waals surface area contributed by atoms with E-state index in [1.807, 2.05) is 17.0 Å². The molecule has 0 spiro atoms. The van der Waals surface area contributed by atoms with Crippen LogP contribution in [-0.4, -0.2) is 52.9 Å². The first-order chi connectivity index (χ1) is 17.4. The summed E-state index contributed by atoms with van der Waals surface area (Å²) >= 11 is 7.29. The number of hydrogen-bond acceptors (Lipinski definition) is 6. The van der Waals surface area contributed by atoms with Crippen molar-refractivity contribution in [3.05, 3.63) is 63.6 Å². The zero-order valence-corrected chi connectivity index (χ0v) is 21.3. The van der Waals surface area contributed by atoms with Gasteiger partial charge in [-0.2, -0.15) is 0 Å². The van der Waals surface area contributed by atoms with Gasteiger partial charge >= 0.3 is 0 Å². The van der Waals surface area contributed by atoms with Gasteiger partial charge in [-0.3, -0.25) is 4.79 Å². The van der Waals surface area contributed by atoms with Gasteiger partial charge in [-0.1, -0.05) is 11.6 Å². The van der Waals surface area contributed by atoms with Crippen LogP contribution >= 0.6 is 22.9 Å². The van der Waals surface area contributed by atoms with Gasteiger partial charge < -0.3 is 20.3 Å². The fourth-order valence-electron chi connectivity index (χ4n) is 4.86. The van der Waals surface area contributed by atoms with Crippen LogP contribution in [0.15, 0.2) is 36.5 Å². The summed E-state index contributed by atoms with van der Waals surface area (Å²) in [4.78, 5) is 23.5. The highest BCUT2D eigenvalue weighted by Gasteiger charge is 2.32. The number of carbonyl (C=O) groups is 1. The number of benzene rings is 1. The van der Waals surface area contributed by atoms with Gasteiger partial charge in [0.15, 0.2) is 11.6 Å². The molecular weight excluding hydrogens is 506 g/mol. The summed E-state index contributed by atoms with van der Waals surface area (Å²) in [6.07, 6.45) is 6.14. The van der Waals surface area contributed by atoms with Crippen molar-refractivity contribution < 1.29 is 18.3 Å². The molecule has 2 N–H and O–H groups in total. The largest absolute Gasteiger partial charge is 0.485 e. The van der Waals surface area contributed by atoms with Crippen LogP contribution < -0.4 is 10.5 Å². The van der Waals surface area contributed by atoms with Gasteiger partial charge in [0.1, 0.15) is 18.2 Å². The third-order valence-electron chi connectivity index (χ3n) is 6.80. The minimum Gasteiger partial charge on any atom is -0.485 e. The Kier molecular flexibility index (Phi) is 7.41. The van der Waals surface area contributed by atoms with E-state index in [1.54, 1.807) is 12.3 Å². The smallest absolute Gasteiger partial charge is 0.264 e. The summed E-state index contributed by atoms with van der Waals surface area (Å²) < 4.78 is 33.5. The van der Waals surface area contributed by atoms with Gasteiger partial charge in [0.2, 0.25) is 0 Å². The molecule has 1 amide bonds. The number of hydrogen-bond donors (Lipinski definition) is 1. The summed E-state index contributed by atoms with van der Waals surface area (Å²) in [6.45, 7) is 3.66. The Bertz CT molecular complexity index is 1260. The number of pyridine rings is 1. The zero-order chi connectivity index (χ0) is 25.2. The zero-order valence-electron chi connectivity index (χ0n) is 19.7. The van der Waals surface area contributed by atoms with E-state index >= 15 is 0 Å². The number of carbonyl (C=O) groups excluding carboxylic acids is 1. The monoisotopic (exact) mass is 532 g/mol. The van der Waals surface area contributed by atoms with Crippen LogP contribution in [0.5, 0.6) is 5.75 Å². The first kappa shape index (κ1) is 24.9. The van der Waals surface area contributed by atoms with Crippen molar-refractivity contribution in [2.45, 2.75) is 38.3 Å². The van der Waals surface area contributed by atoms with Crippen LogP contribution in [0, 0.1) is 11.6 Å². The highest BCUT2D eigenvalue weighted by molar-refractivity contribution is 7.17. The Morgan fingerprint density at radius 2 is 1.92 bits per heavy atom. The van der Waals surface area contributed by atoms with Crippen LogP contribution in [0.25, 0.3) is 10.4 Å². The van der Waals surface area contributed by atoms with Gasteiger partial charge in [-0.05, 0) is 69.1 Å². The Hall–Kier alpha value is -2.75. The molecule has 4 heterocycles. The average molecular weight is 533 g/mol. The van der Waals surface area contributed by atoms with Gasteiger partial charge in [-0.15, -0.1) is 11.3 Å². The lowest BCUT2D eigenvalue weighted by Crippen LogP contribution is -2.42. The van der Waals surface area contributed by atoms with Crippen molar-refractivity contribution in [3.63, 3.8) is 0 Å². The molecule has 36 heavy (non-hydrogen) atoms. The minimum absolute atomic E-state index is 0.0593. The third-order valence-corrected chi connectivity index (χ3v) is 8.33. The molecule has 0 unspecified atom stereocenters. The van der Waals surface area contributed by atoms with E-state index in [0.717, 1.165) is 56.0 Å². The Balaban J connectivity index is 1.30. The van der Waals surface area contributed by atoms with Gasteiger partial charge in [0, 0.05) is 41.3 Å². The van der Waals surface area contributed by atoms with E-state index < -0.39 is 11.6 Å². The first-order valence-corrected chi connectivity index (χ1v) is 13.2. The van der Waals surface area contributed by atoms with Crippen LogP contribution in [-0.2, 0) is 6.61 Å². The van der Waals surface area contributed by atoms with E-state index in [1.165, 1.54) is 24.2 Å². The number of anilines is 1.